The van der Waals surface area contributed by atoms with Crippen molar-refractivity contribution in [3.8, 4) is 5.75 Å². The SMILES string of the molecule is COc1cccc(NC(=S)N/N=C2\CCC[C@H](C)C2)c1. The maximum atomic E-state index is 5.24. The molecule has 1 aromatic rings. The third-order valence-electron chi connectivity index (χ3n) is 3.39. The molecule has 0 unspecified atom stereocenters. The smallest absolute Gasteiger partial charge is 0.191 e. The van der Waals surface area contributed by atoms with Crippen LogP contribution in [-0.4, -0.2) is 17.9 Å². The van der Waals surface area contributed by atoms with Crippen LogP contribution in [0.1, 0.15) is 32.6 Å². The molecule has 0 radical (unpaired) electrons. The van der Waals surface area contributed by atoms with E-state index in [4.69, 9.17) is 17.0 Å². The number of anilines is 1. The van der Waals surface area contributed by atoms with Crippen molar-refractivity contribution in [2.24, 2.45) is 11.0 Å². The molecule has 0 spiro atoms. The van der Waals surface area contributed by atoms with Crippen LogP contribution in [0.4, 0.5) is 5.69 Å². The Kier molecular flexibility index (Phi) is 5.35. The molecule has 1 aliphatic rings. The Morgan fingerprint density at radius 1 is 1.45 bits per heavy atom. The molecule has 0 bridgehead atoms. The number of nitrogens with one attached hydrogen (secondary N) is 2. The summed E-state index contributed by atoms with van der Waals surface area (Å²) in [6.07, 6.45) is 4.65. The third kappa shape index (κ3) is 4.49. The van der Waals surface area contributed by atoms with Gasteiger partial charge in [0.1, 0.15) is 5.75 Å². The molecule has 1 aromatic carbocycles. The molecule has 1 atom stereocenters. The minimum absolute atomic E-state index is 0.504. The number of ether oxygens (including phenoxy) is 1. The standard InChI is InChI=1S/C15H21N3OS/c1-11-5-3-7-13(9-11)17-18-15(20)16-12-6-4-8-14(10-12)19-2/h4,6,8,10-11H,3,5,7,9H2,1-2H3,(H2,16,18,20)/b17-13+/t11-/m0/s1. The van der Waals surface area contributed by atoms with Gasteiger partial charge in [0, 0.05) is 17.5 Å². The number of nitrogens with zero attached hydrogens (tertiary/aromatic N) is 1. The lowest BCUT2D eigenvalue weighted by Gasteiger charge is -2.19. The van der Waals surface area contributed by atoms with Crippen molar-refractivity contribution in [1.82, 2.24) is 5.43 Å². The molecule has 1 saturated carbocycles. The number of hydrogen-bond donors (Lipinski definition) is 2. The summed E-state index contributed by atoms with van der Waals surface area (Å²) < 4.78 is 5.17. The van der Waals surface area contributed by atoms with Crippen molar-refractivity contribution < 1.29 is 4.74 Å². The van der Waals surface area contributed by atoms with Gasteiger partial charge in [-0.1, -0.05) is 13.0 Å². The first-order chi connectivity index (χ1) is 9.67. The van der Waals surface area contributed by atoms with Gasteiger partial charge >= 0.3 is 0 Å². The predicted molar refractivity (Wildman–Crippen MR) is 87.4 cm³/mol. The fraction of sp³-hybridized carbons (Fsp3) is 0.467. The Bertz CT molecular complexity index is 502. The van der Waals surface area contributed by atoms with E-state index < -0.39 is 0 Å². The molecule has 2 N–H and O–H groups in total. The summed E-state index contributed by atoms with van der Waals surface area (Å²) in [6, 6.07) is 7.64. The predicted octanol–water partition coefficient (Wildman–Crippen LogP) is 3.55. The largest absolute Gasteiger partial charge is 0.497 e. The van der Waals surface area contributed by atoms with Gasteiger partial charge in [-0.25, -0.2) is 0 Å². The molecule has 1 aliphatic carbocycles. The van der Waals surface area contributed by atoms with E-state index in [0.29, 0.717) is 5.11 Å². The second-order valence-electron chi connectivity index (χ2n) is 5.18. The van der Waals surface area contributed by atoms with Gasteiger partial charge in [-0.2, -0.15) is 5.10 Å². The van der Waals surface area contributed by atoms with Crippen LogP contribution >= 0.6 is 12.2 Å². The van der Waals surface area contributed by atoms with E-state index in [-0.39, 0.29) is 0 Å². The number of hydrazone groups is 1. The van der Waals surface area contributed by atoms with Gasteiger partial charge in [-0.15, -0.1) is 0 Å². The molecule has 2 rings (SSSR count). The average molecular weight is 291 g/mol. The molecule has 4 nitrogen and oxygen atoms in total. The summed E-state index contributed by atoms with van der Waals surface area (Å²) in [7, 11) is 1.64. The van der Waals surface area contributed by atoms with E-state index in [9.17, 15) is 0 Å². The molecule has 0 saturated heterocycles. The van der Waals surface area contributed by atoms with Crippen molar-refractivity contribution in [2.75, 3.05) is 12.4 Å². The van der Waals surface area contributed by atoms with E-state index in [0.717, 1.165) is 30.2 Å². The first-order valence-corrected chi connectivity index (χ1v) is 7.34. The van der Waals surface area contributed by atoms with Gasteiger partial charge in [0.25, 0.3) is 0 Å². The molecule has 0 heterocycles. The topological polar surface area (TPSA) is 45.6 Å². The minimum atomic E-state index is 0.504. The maximum absolute atomic E-state index is 5.24. The summed E-state index contributed by atoms with van der Waals surface area (Å²) in [5, 5.41) is 8.01. The first-order valence-electron chi connectivity index (χ1n) is 6.94. The number of rotatable bonds is 3. The van der Waals surface area contributed by atoms with Crippen molar-refractivity contribution in [2.45, 2.75) is 32.6 Å². The normalized spacial score (nSPS) is 20.5. The van der Waals surface area contributed by atoms with Gasteiger partial charge in [0.05, 0.1) is 7.11 Å². The Balaban J connectivity index is 1.87. The van der Waals surface area contributed by atoms with Crippen molar-refractivity contribution in [1.29, 1.82) is 0 Å². The fourth-order valence-corrected chi connectivity index (χ4v) is 2.52. The van der Waals surface area contributed by atoms with Crippen LogP contribution in [-0.2, 0) is 0 Å². The summed E-state index contributed by atoms with van der Waals surface area (Å²) in [4.78, 5) is 0. The number of methoxy groups -OCH3 is 1. The number of hydrogen-bond acceptors (Lipinski definition) is 3. The Labute approximate surface area is 125 Å². The van der Waals surface area contributed by atoms with E-state index >= 15 is 0 Å². The zero-order chi connectivity index (χ0) is 14.4. The van der Waals surface area contributed by atoms with Crippen molar-refractivity contribution in [3.05, 3.63) is 24.3 Å². The van der Waals surface area contributed by atoms with Crippen LogP contribution in [0.5, 0.6) is 5.75 Å². The van der Waals surface area contributed by atoms with Gasteiger partial charge in [0.15, 0.2) is 5.11 Å². The van der Waals surface area contributed by atoms with Gasteiger partial charge in [-0.05, 0) is 56.0 Å². The molecule has 0 aliphatic heterocycles. The molecular formula is C15H21N3OS. The Morgan fingerprint density at radius 2 is 2.30 bits per heavy atom. The van der Waals surface area contributed by atoms with Gasteiger partial charge < -0.3 is 10.1 Å². The fourth-order valence-electron chi connectivity index (χ4n) is 2.35. The first kappa shape index (κ1) is 14.8. The molecule has 1 fully saturated rings. The van der Waals surface area contributed by atoms with Crippen LogP contribution in [0, 0.1) is 5.92 Å². The van der Waals surface area contributed by atoms with Gasteiger partial charge in [0.2, 0.25) is 0 Å². The van der Waals surface area contributed by atoms with Crippen LogP contribution in [0.25, 0.3) is 0 Å². The number of thiocarbonyl (C=S) groups is 1. The quantitative estimate of drug-likeness (QED) is 0.660. The van der Waals surface area contributed by atoms with E-state index in [2.05, 4.69) is 22.8 Å². The average Bonchev–Trinajstić information content (AvgIpc) is 2.45. The van der Waals surface area contributed by atoms with Crippen molar-refractivity contribution in [3.63, 3.8) is 0 Å². The summed E-state index contributed by atoms with van der Waals surface area (Å²) in [5.41, 5.74) is 5.02. The van der Waals surface area contributed by atoms with E-state index in [1.165, 1.54) is 18.6 Å². The molecule has 20 heavy (non-hydrogen) atoms. The van der Waals surface area contributed by atoms with Crippen LogP contribution in [0.15, 0.2) is 29.4 Å². The Morgan fingerprint density at radius 3 is 3.05 bits per heavy atom. The van der Waals surface area contributed by atoms with Crippen LogP contribution in [0.2, 0.25) is 0 Å². The highest BCUT2D eigenvalue weighted by atomic mass is 32.1. The zero-order valence-electron chi connectivity index (χ0n) is 12.0. The Hall–Kier alpha value is -1.62. The lowest BCUT2D eigenvalue weighted by atomic mass is 9.89. The summed E-state index contributed by atoms with van der Waals surface area (Å²) in [6.45, 7) is 2.27. The zero-order valence-corrected chi connectivity index (χ0v) is 12.8. The second kappa shape index (κ2) is 7.24. The van der Waals surface area contributed by atoms with E-state index in [1.807, 2.05) is 24.3 Å². The minimum Gasteiger partial charge on any atom is -0.497 e. The highest BCUT2D eigenvalue weighted by Gasteiger charge is 2.13. The lowest BCUT2D eigenvalue weighted by Crippen LogP contribution is -2.26. The second-order valence-corrected chi connectivity index (χ2v) is 5.59. The molecule has 0 amide bonds. The van der Waals surface area contributed by atoms with Crippen molar-refractivity contribution >= 4 is 28.7 Å². The van der Waals surface area contributed by atoms with Crippen LogP contribution in [0.3, 0.4) is 0 Å². The van der Waals surface area contributed by atoms with Crippen LogP contribution < -0.4 is 15.5 Å². The lowest BCUT2D eigenvalue weighted by molar-refractivity contribution is 0.415. The highest BCUT2D eigenvalue weighted by molar-refractivity contribution is 7.80. The third-order valence-corrected chi connectivity index (χ3v) is 3.58. The summed E-state index contributed by atoms with van der Waals surface area (Å²) >= 11 is 5.24. The number of benzene rings is 1. The summed E-state index contributed by atoms with van der Waals surface area (Å²) in [5.74, 6) is 1.52. The molecular weight excluding hydrogens is 270 g/mol. The molecule has 5 heteroatoms. The van der Waals surface area contributed by atoms with Gasteiger partial charge in [-0.3, -0.25) is 5.43 Å². The molecule has 108 valence electrons. The maximum Gasteiger partial charge on any atom is 0.191 e. The monoisotopic (exact) mass is 291 g/mol. The van der Waals surface area contributed by atoms with E-state index in [1.54, 1.807) is 7.11 Å². The highest BCUT2D eigenvalue weighted by Crippen LogP contribution is 2.21. The molecule has 0 aromatic heterocycles.